The van der Waals surface area contributed by atoms with E-state index in [1.165, 1.54) is 7.11 Å². The number of carbonyl (C=O) groups excluding carboxylic acids is 2. The number of Topliss-reactive ketones (excluding diaryl/α,β-unsaturated/α-hetero) is 2. The number of ketones is 2. The lowest BCUT2D eigenvalue weighted by molar-refractivity contribution is -0.137. The number of aliphatic hydroxyl groups excluding tert-OH is 1. The second-order valence-electron chi connectivity index (χ2n) is 2.68. The van der Waals surface area contributed by atoms with Crippen LogP contribution in [0.1, 0.15) is 0 Å². The van der Waals surface area contributed by atoms with Crippen LogP contribution in [0.2, 0.25) is 0 Å². The summed E-state index contributed by atoms with van der Waals surface area (Å²) in [5, 5.41) is 9.29. The average Bonchev–Trinajstić information content (AvgIpc) is 2.33. The fourth-order valence-electron chi connectivity index (χ4n) is 1.04. The van der Waals surface area contributed by atoms with Crippen molar-refractivity contribution in [1.29, 1.82) is 0 Å². The number of allylic oxidation sites excluding steroid dienone is 1. The summed E-state index contributed by atoms with van der Waals surface area (Å²) in [5.41, 5.74) is 0. The van der Waals surface area contributed by atoms with Crippen LogP contribution in [0.4, 0.5) is 0 Å². The minimum absolute atomic E-state index is 0.0586. The van der Waals surface area contributed by atoms with Crippen LogP contribution in [-0.4, -0.2) is 42.6 Å². The van der Waals surface area contributed by atoms with Crippen LogP contribution < -0.4 is 0 Å². The van der Waals surface area contributed by atoms with Crippen molar-refractivity contribution in [2.24, 2.45) is 0 Å². The lowest BCUT2D eigenvalue weighted by Crippen LogP contribution is -2.36. The second kappa shape index (κ2) is 3.68. The smallest absolute Gasteiger partial charge is 0.266 e. The topological polar surface area (TPSA) is 72.8 Å². The average molecular weight is 186 g/mol. The Morgan fingerprint density at radius 1 is 1.69 bits per heavy atom. The molecule has 0 radical (unpaired) electrons. The first-order chi connectivity index (χ1) is 6.07. The first-order valence-electron chi connectivity index (χ1n) is 3.69. The molecule has 0 aromatic carbocycles. The standard InChI is InChI=1S/C8H10O5/c1-4-6(10)7(11)8(13-4)5(9)3-12-2/h5,8-9H,1,3H2,2H3. The normalized spacial score (nSPS) is 24.8. The van der Waals surface area contributed by atoms with Gasteiger partial charge in [-0.3, -0.25) is 9.59 Å². The Balaban J connectivity index is 2.68. The number of carbonyl (C=O) groups is 2. The molecule has 72 valence electrons. The van der Waals surface area contributed by atoms with Crippen LogP contribution in [0, 0.1) is 0 Å². The molecule has 0 aromatic rings. The van der Waals surface area contributed by atoms with Gasteiger partial charge in [0, 0.05) is 7.11 Å². The summed E-state index contributed by atoms with van der Waals surface area (Å²) in [5.74, 6) is -1.76. The Morgan fingerprint density at radius 2 is 2.31 bits per heavy atom. The van der Waals surface area contributed by atoms with Gasteiger partial charge in [-0.05, 0) is 0 Å². The van der Waals surface area contributed by atoms with Crippen molar-refractivity contribution in [3.63, 3.8) is 0 Å². The Hall–Kier alpha value is -1.20. The minimum atomic E-state index is -1.15. The molecule has 1 heterocycles. The summed E-state index contributed by atoms with van der Waals surface area (Å²) >= 11 is 0. The van der Waals surface area contributed by atoms with Crippen molar-refractivity contribution in [2.75, 3.05) is 13.7 Å². The Labute approximate surface area is 74.9 Å². The molecule has 1 aliphatic heterocycles. The van der Waals surface area contributed by atoms with Gasteiger partial charge in [0.2, 0.25) is 5.78 Å². The van der Waals surface area contributed by atoms with Gasteiger partial charge >= 0.3 is 0 Å². The van der Waals surface area contributed by atoms with Gasteiger partial charge in [-0.15, -0.1) is 0 Å². The first-order valence-corrected chi connectivity index (χ1v) is 3.69. The van der Waals surface area contributed by atoms with Gasteiger partial charge in [-0.2, -0.15) is 0 Å². The molecule has 1 aliphatic rings. The lowest BCUT2D eigenvalue weighted by atomic mass is 10.1. The van der Waals surface area contributed by atoms with Crippen molar-refractivity contribution in [2.45, 2.75) is 12.2 Å². The summed E-state index contributed by atoms with van der Waals surface area (Å²) < 4.78 is 9.39. The molecule has 0 amide bonds. The van der Waals surface area contributed by atoms with E-state index in [1.54, 1.807) is 0 Å². The maximum absolute atomic E-state index is 11.1. The van der Waals surface area contributed by atoms with Crippen molar-refractivity contribution >= 4 is 11.6 Å². The third-order valence-corrected chi connectivity index (χ3v) is 1.69. The van der Waals surface area contributed by atoms with E-state index < -0.39 is 23.8 Å². The largest absolute Gasteiger partial charge is 0.476 e. The quantitative estimate of drug-likeness (QED) is 0.454. The molecule has 0 saturated carbocycles. The molecule has 0 aliphatic carbocycles. The summed E-state index contributed by atoms with van der Waals surface area (Å²) in [7, 11) is 1.37. The van der Waals surface area contributed by atoms with Crippen molar-refractivity contribution < 1.29 is 24.2 Å². The highest BCUT2D eigenvalue weighted by Gasteiger charge is 2.42. The van der Waals surface area contributed by atoms with Gasteiger partial charge in [-0.25, -0.2) is 0 Å². The number of rotatable bonds is 3. The molecule has 1 fully saturated rings. The zero-order chi connectivity index (χ0) is 10.0. The van der Waals surface area contributed by atoms with Crippen molar-refractivity contribution in [3.05, 3.63) is 12.3 Å². The van der Waals surface area contributed by atoms with Gasteiger partial charge in [0.1, 0.15) is 6.10 Å². The zero-order valence-corrected chi connectivity index (χ0v) is 7.15. The third kappa shape index (κ3) is 1.76. The molecule has 2 unspecified atom stereocenters. The predicted molar refractivity (Wildman–Crippen MR) is 41.9 cm³/mol. The molecule has 13 heavy (non-hydrogen) atoms. The van der Waals surface area contributed by atoms with E-state index in [4.69, 9.17) is 4.74 Å². The van der Waals surface area contributed by atoms with E-state index in [2.05, 4.69) is 11.3 Å². The number of hydrogen-bond donors (Lipinski definition) is 1. The van der Waals surface area contributed by atoms with E-state index in [0.29, 0.717) is 0 Å². The molecular formula is C8H10O5. The van der Waals surface area contributed by atoms with E-state index in [9.17, 15) is 14.7 Å². The molecule has 0 aromatic heterocycles. The SMILES string of the molecule is C=C1OC(C(O)COC)C(=O)C1=O. The third-order valence-electron chi connectivity index (χ3n) is 1.69. The second-order valence-corrected chi connectivity index (χ2v) is 2.68. The van der Waals surface area contributed by atoms with Crippen LogP contribution in [0.15, 0.2) is 12.3 Å². The maximum Gasteiger partial charge on any atom is 0.266 e. The van der Waals surface area contributed by atoms with Gasteiger partial charge < -0.3 is 14.6 Å². The molecule has 1 saturated heterocycles. The van der Waals surface area contributed by atoms with Gasteiger partial charge in [0.25, 0.3) is 5.78 Å². The van der Waals surface area contributed by atoms with E-state index in [-0.39, 0.29) is 12.4 Å². The van der Waals surface area contributed by atoms with Gasteiger partial charge in [0.15, 0.2) is 11.9 Å². The van der Waals surface area contributed by atoms with Crippen LogP contribution >= 0.6 is 0 Å². The fourth-order valence-corrected chi connectivity index (χ4v) is 1.04. The summed E-state index contributed by atoms with van der Waals surface area (Å²) in [6.45, 7) is 3.18. The summed E-state index contributed by atoms with van der Waals surface area (Å²) in [6.07, 6.45) is -2.28. The van der Waals surface area contributed by atoms with Crippen molar-refractivity contribution in [1.82, 2.24) is 0 Å². The number of hydrogen-bond acceptors (Lipinski definition) is 5. The predicted octanol–water partition coefficient (Wildman–Crippen LogP) is -0.956. The monoisotopic (exact) mass is 186 g/mol. The van der Waals surface area contributed by atoms with E-state index in [0.717, 1.165) is 0 Å². The van der Waals surface area contributed by atoms with Crippen LogP contribution in [0.5, 0.6) is 0 Å². The Kier molecular flexibility index (Phi) is 2.79. The summed E-state index contributed by atoms with van der Waals surface area (Å²) in [6, 6.07) is 0. The van der Waals surface area contributed by atoms with E-state index in [1.807, 2.05) is 0 Å². The van der Waals surface area contributed by atoms with Crippen LogP contribution in [0.25, 0.3) is 0 Å². The lowest BCUT2D eigenvalue weighted by Gasteiger charge is -2.14. The molecular weight excluding hydrogens is 176 g/mol. The molecule has 2 atom stereocenters. The van der Waals surface area contributed by atoms with Gasteiger partial charge in [0.05, 0.1) is 6.61 Å². The Bertz CT molecular complexity index is 257. The fraction of sp³-hybridized carbons (Fsp3) is 0.500. The number of methoxy groups -OCH3 is 1. The molecule has 5 nitrogen and oxygen atoms in total. The Morgan fingerprint density at radius 3 is 2.69 bits per heavy atom. The zero-order valence-electron chi connectivity index (χ0n) is 7.15. The molecule has 0 bridgehead atoms. The summed E-state index contributed by atoms with van der Waals surface area (Å²) in [4.78, 5) is 22.0. The first kappa shape index (κ1) is 9.88. The molecule has 1 N–H and O–H groups in total. The minimum Gasteiger partial charge on any atom is -0.476 e. The van der Waals surface area contributed by atoms with Crippen LogP contribution in [-0.2, 0) is 19.1 Å². The molecule has 1 rings (SSSR count). The number of ether oxygens (including phenoxy) is 2. The van der Waals surface area contributed by atoms with Gasteiger partial charge in [-0.1, -0.05) is 6.58 Å². The van der Waals surface area contributed by atoms with Crippen molar-refractivity contribution in [3.8, 4) is 0 Å². The molecule has 5 heteroatoms. The van der Waals surface area contributed by atoms with Crippen LogP contribution in [0.3, 0.4) is 0 Å². The highest BCUT2D eigenvalue weighted by molar-refractivity contribution is 6.46. The highest BCUT2D eigenvalue weighted by atomic mass is 16.5. The molecule has 0 spiro atoms. The van der Waals surface area contributed by atoms with E-state index >= 15 is 0 Å². The maximum atomic E-state index is 11.1. The number of aliphatic hydroxyl groups is 1. The highest BCUT2D eigenvalue weighted by Crippen LogP contribution is 2.17.